The molecular formula is C47H52N10O5. The van der Waals surface area contributed by atoms with Gasteiger partial charge < -0.3 is 30.1 Å². The van der Waals surface area contributed by atoms with E-state index in [1.54, 1.807) is 4.90 Å². The van der Waals surface area contributed by atoms with Gasteiger partial charge in [-0.3, -0.25) is 19.7 Å². The van der Waals surface area contributed by atoms with E-state index in [0.29, 0.717) is 54.9 Å². The largest absolute Gasteiger partial charge is 0.457 e. The maximum Gasteiger partial charge on any atom is 0.320 e. The van der Waals surface area contributed by atoms with Crippen LogP contribution >= 0.6 is 0 Å². The third-order valence-electron chi connectivity index (χ3n) is 13.7. The molecule has 0 saturated carbocycles. The molecule has 2 aromatic heterocycles. The number of hydrogen-bond acceptors (Lipinski definition) is 10. The van der Waals surface area contributed by atoms with Gasteiger partial charge in [0.2, 0.25) is 11.8 Å². The zero-order chi connectivity index (χ0) is 42.3. The number of likely N-dealkylation sites (tertiary alicyclic amines) is 3. The lowest BCUT2D eigenvalue weighted by molar-refractivity contribution is -0.136. The van der Waals surface area contributed by atoms with Gasteiger partial charge in [0.05, 0.1) is 11.4 Å². The monoisotopic (exact) mass is 836 g/mol. The van der Waals surface area contributed by atoms with E-state index >= 15 is 0 Å². The third kappa shape index (κ3) is 7.85. The minimum absolute atomic E-state index is 0.0717. The van der Waals surface area contributed by atoms with Crippen molar-refractivity contribution in [3.63, 3.8) is 0 Å². The highest BCUT2D eigenvalue weighted by molar-refractivity contribution is 6.05. The molecule has 4 saturated heterocycles. The number of nitrogen functional groups attached to an aromatic ring is 1. The second-order valence-electron chi connectivity index (χ2n) is 17.5. The van der Waals surface area contributed by atoms with Crippen molar-refractivity contribution in [3.05, 3.63) is 95.8 Å². The van der Waals surface area contributed by atoms with Crippen molar-refractivity contribution in [2.75, 3.05) is 51.5 Å². The Balaban J connectivity index is 0.692. The van der Waals surface area contributed by atoms with Crippen LogP contribution in [0, 0.1) is 5.92 Å². The molecule has 1 unspecified atom stereocenters. The number of carbonyl (C=O) groups is 4. The first-order valence-corrected chi connectivity index (χ1v) is 22.1. The predicted molar refractivity (Wildman–Crippen MR) is 232 cm³/mol. The number of benzene rings is 3. The van der Waals surface area contributed by atoms with Gasteiger partial charge >= 0.3 is 6.03 Å². The fourth-order valence-electron chi connectivity index (χ4n) is 10.2. The van der Waals surface area contributed by atoms with Gasteiger partial charge in [-0.1, -0.05) is 30.3 Å². The van der Waals surface area contributed by atoms with E-state index in [1.165, 1.54) is 11.9 Å². The van der Waals surface area contributed by atoms with Crippen molar-refractivity contribution in [1.82, 2.24) is 44.7 Å². The number of carbonyl (C=O) groups excluding carboxylic acids is 4. The summed E-state index contributed by atoms with van der Waals surface area (Å²) >= 11 is 0. The van der Waals surface area contributed by atoms with Crippen molar-refractivity contribution in [2.24, 2.45) is 5.92 Å². The van der Waals surface area contributed by atoms with E-state index in [4.69, 9.17) is 15.6 Å². The maximum absolute atomic E-state index is 13.8. The van der Waals surface area contributed by atoms with E-state index in [-0.39, 0.29) is 36.2 Å². The molecule has 15 nitrogen and oxygen atoms in total. The van der Waals surface area contributed by atoms with Crippen molar-refractivity contribution < 1.29 is 23.9 Å². The molecule has 5 aliphatic rings. The van der Waals surface area contributed by atoms with Gasteiger partial charge in [0.1, 0.15) is 35.4 Å². The first-order valence-electron chi connectivity index (χ1n) is 22.1. The number of imide groups is 1. The van der Waals surface area contributed by atoms with Crippen LogP contribution in [0.4, 0.5) is 10.6 Å². The molecule has 5 aromatic rings. The highest BCUT2D eigenvalue weighted by atomic mass is 16.5. The molecule has 0 bridgehead atoms. The number of urea groups is 1. The first kappa shape index (κ1) is 39.8. The van der Waals surface area contributed by atoms with Crippen LogP contribution in [0.25, 0.3) is 22.3 Å². The van der Waals surface area contributed by atoms with Crippen LogP contribution < -0.4 is 15.8 Å². The molecular weight excluding hydrogens is 785 g/mol. The average Bonchev–Trinajstić information content (AvgIpc) is 3.85. The van der Waals surface area contributed by atoms with Crippen LogP contribution in [0.15, 0.2) is 79.1 Å². The molecule has 15 heteroatoms. The van der Waals surface area contributed by atoms with E-state index in [1.807, 2.05) is 75.1 Å². The molecule has 1 atom stereocenters. The minimum atomic E-state index is -0.596. The quantitative estimate of drug-likeness (QED) is 0.177. The summed E-state index contributed by atoms with van der Waals surface area (Å²) in [7, 11) is 0. The van der Waals surface area contributed by atoms with Gasteiger partial charge in [0.15, 0.2) is 5.65 Å². The summed E-state index contributed by atoms with van der Waals surface area (Å²) in [4.78, 5) is 68.3. The number of anilines is 1. The number of nitrogens with two attached hydrogens (primary N) is 1. The lowest BCUT2D eigenvalue weighted by atomic mass is 9.87. The number of amides is 5. The predicted octanol–water partition coefficient (Wildman–Crippen LogP) is 5.98. The molecule has 0 aliphatic carbocycles. The number of hydrogen-bond donors (Lipinski definition) is 2. The molecule has 10 rings (SSSR count). The maximum atomic E-state index is 13.8. The number of fused-ring (bicyclic) bond motifs is 2. The lowest BCUT2D eigenvalue weighted by Crippen LogP contribution is -2.52. The number of piperidine rings is 4. The second kappa shape index (κ2) is 16.8. The van der Waals surface area contributed by atoms with Crippen LogP contribution in [0.2, 0.25) is 0 Å². The van der Waals surface area contributed by atoms with Crippen LogP contribution in [-0.4, -0.2) is 115 Å². The van der Waals surface area contributed by atoms with Crippen LogP contribution in [-0.2, 0) is 16.1 Å². The van der Waals surface area contributed by atoms with Crippen LogP contribution in [0.1, 0.15) is 84.8 Å². The number of para-hydroxylation sites is 1. The molecule has 3 aromatic carbocycles. The Morgan fingerprint density at radius 1 is 0.790 bits per heavy atom. The van der Waals surface area contributed by atoms with Crippen LogP contribution in [0.3, 0.4) is 0 Å². The highest BCUT2D eigenvalue weighted by Crippen LogP contribution is 2.37. The van der Waals surface area contributed by atoms with Gasteiger partial charge in [0.25, 0.3) is 5.91 Å². The fourth-order valence-corrected chi connectivity index (χ4v) is 10.2. The Morgan fingerprint density at radius 2 is 1.50 bits per heavy atom. The smallest absolute Gasteiger partial charge is 0.320 e. The summed E-state index contributed by atoms with van der Waals surface area (Å²) in [5.74, 6) is 2.09. The number of nitrogens with zero attached hydrogens (tertiary/aromatic N) is 8. The molecule has 7 heterocycles. The summed E-state index contributed by atoms with van der Waals surface area (Å²) in [6, 6.07) is 23.3. The molecule has 62 heavy (non-hydrogen) atoms. The average molecular weight is 837 g/mol. The van der Waals surface area contributed by atoms with E-state index in [2.05, 4.69) is 32.3 Å². The summed E-state index contributed by atoms with van der Waals surface area (Å²) in [5.41, 5.74) is 11.7. The SMILES string of the molecule is Nc1ncnc2c1c(-c1ccc(Oc3ccccc3)cc1)nn2C1CCN(C(=O)N2CCC(CN3CCC(c4ccc5c(c4)CN(C4CCC(=O)NC4=O)C5=O)CC3)CC2)CC1. The second-order valence-corrected chi connectivity index (χ2v) is 17.5. The van der Waals surface area contributed by atoms with E-state index in [0.717, 1.165) is 105 Å². The molecule has 5 amide bonds. The van der Waals surface area contributed by atoms with Crippen molar-refractivity contribution in [1.29, 1.82) is 0 Å². The molecule has 320 valence electrons. The standard InChI is InChI=1S/C47H52N10O5/c48-43-41-42(32-6-9-37(10-7-32)62-36-4-2-1-3-5-36)52-57(44(41)50-29-49-43)35-18-24-55(25-19-35)47(61)54-22-14-30(15-23-54)27-53-20-16-31(17-21-53)33-8-11-38-34(26-33)28-56(46(38)60)39-12-13-40(58)51-45(39)59/h1-11,26,29-31,35,39H,12-25,27-28H2,(H2,48,49,50)(H,51,58,59). The van der Waals surface area contributed by atoms with Gasteiger partial charge in [-0.2, -0.15) is 5.10 Å². The molecule has 4 fully saturated rings. The van der Waals surface area contributed by atoms with E-state index < -0.39 is 6.04 Å². The van der Waals surface area contributed by atoms with Crippen molar-refractivity contribution >= 4 is 40.6 Å². The van der Waals surface area contributed by atoms with Crippen LogP contribution in [0.5, 0.6) is 11.5 Å². The Hall–Kier alpha value is -6.35. The molecule has 0 radical (unpaired) electrons. The van der Waals surface area contributed by atoms with Crippen molar-refractivity contribution in [3.8, 4) is 22.8 Å². The molecule has 5 aliphatic heterocycles. The number of rotatable bonds is 8. The van der Waals surface area contributed by atoms with Gasteiger partial charge in [-0.15, -0.1) is 0 Å². The minimum Gasteiger partial charge on any atom is -0.457 e. The Bertz CT molecular complexity index is 2490. The Kier molecular flexibility index (Phi) is 10.8. The van der Waals surface area contributed by atoms with Crippen molar-refractivity contribution in [2.45, 2.75) is 75.9 Å². The zero-order valence-electron chi connectivity index (χ0n) is 34.8. The summed E-state index contributed by atoms with van der Waals surface area (Å²) < 4.78 is 7.99. The lowest BCUT2D eigenvalue weighted by Gasteiger charge is -2.40. The molecule has 3 N–H and O–H groups in total. The third-order valence-corrected chi connectivity index (χ3v) is 13.7. The normalized spacial score (nSPS) is 20.8. The Morgan fingerprint density at radius 3 is 2.23 bits per heavy atom. The topological polar surface area (TPSA) is 172 Å². The number of aromatic nitrogens is 4. The first-order chi connectivity index (χ1) is 30.3. The Labute approximate surface area is 360 Å². The number of ether oxygens (including phenoxy) is 1. The van der Waals surface area contributed by atoms with Gasteiger partial charge in [-0.25, -0.2) is 19.4 Å². The summed E-state index contributed by atoms with van der Waals surface area (Å²) in [6.45, 7) is 6.38. The summed E-state index contributed by atoms with van der Waals surface area (Å²) in [6.07, 6.45) is 7.79. The molecule has 0 spiro atoms. The number of nitrogens with one attached hydrogen (secondary N) is 1. The highest BCUT2D eigenvalue weighted by Gasteiger charge is 2.40. The van der Waals surface area contributed by atoms with E-state index in [9.17, 15) is 19.2 Å². The fraction of sp³-hybridized carbons (Fsp3) is 0.426. The van der Waals surface area contributed by atoms with Gasteiger partial charge in [-0.05, 0) is 123 Å². The summed E-state index contributed by atoms with van der Waals surface area (Å²) in [5, 5.41) is 8.19. The zero-order valence-corrected chi connectivity index (χ0v) is 34.8. The van der Waals surface area contributed by atoms with Gasteiger partial charge in [0, 0.05) is 56.8 Å².